The summed E-state index contributed by atoms with van der Waals surface area (Å²) in [5.41, 5.74) is 4.12. The van der Waals surface area contributed by atoms with Crippen LogP contribution in [0.3, 0.4) is 0 Å². The van der Waals surface area contributed by atoms with E-state index in [-0.39, 0.29) is 5.69 Å². The third-order valence-electron chi connectivity index (χ3n) is 6.16. The summed E-state index contributed by atoms with van der Waals surface area (Å²) in [5, 5.41) is 22.9. The molecule has 0 N–H and O–H groups in total. The van der Waals surface area contributed by atoms with Crippen LogP contribution in [0, 0.1) is 16.5 Å². The molecular weight excluding hydrogens is 414 g/mol. The highest BCUT2D eigenvalue weighted by molar-refractivity contribution is 6.03. The van der Waals surface area contributed by atoms with E-state index in [9.17, 15) is 15.3 Å². The largest absolute Gasteiger partial charge is 0.618 e. The Morgan fingerprint density at radius 1 is 1.09 bits per heavy atom. The van der Waals surface area contributed by atoms with Crippen molar-refractivity contribution in [2.75, 3.05) is 0 Å². The number of aryl methyl sites for hydroxylation is 1. The van der Waals surface area contributed by atoms with Crippen molar-refractivity contribution in [3.63, 3.8) is 0 Å². The zero-order valence-electron chi connectivity index (χ0n) is 18.5. The zero-order chi connectivity index (χ0) is 23.3. The molecule has 0 spiro atoms. The third kappa shape index (κ3) is 3.15. The first-order chi connectivity index (χ1) is 15.8. The summed E-state index contributed by atoms with van der Waals surface area (Å²) in [6.45, 7) is 3.71. The molecule has 0 unspecified atom stereocenters. The lowest BCUT2D eigenvalue weighted by Gasteiger charge is -2.16. The molecule has 7 nitrogen and oxygen atoms in total. The monoisotopic (exact) mass is 435 g/mol. The zero-order valence-corrected chi connectivity index (χ0v) is 18.5. The van der Waals surface area contributed by atoms with Crippen molar-refractivity contribution in [3.8, 4) is 22.9 Å². The van der Waals surface area contributed by atoms with Crippen molar-refractivity contribution < 1.29 is 4.73 Å². The van der Waals surface area contributed by atoms with Crippen LogP contribution in [0.25, 0.3) is 38.8 Å². The summed E-state index contributed by atoms with van der Waals surface area (Å²) in [4.78, 5) is 17.5. The van der Waals surface area contributed by atoms with E-state index in [0.29, 0.717) is 27.6 Å². The van der Waals surface area contributed by atoms with E-state index in [2.05, 4.69) is 11.1 Å². The van der Waals surface area contributed by atoms with Gasteiger partial charge in [-0.1, -0.05) is 18.2 Å². The SMILES string of the molecule is Cn1c(=O)n(-c2ccc(C(C)(C)C#N)cc2)c2c3cc(-c4cccnc4)ccc3[n+]([O-])cc21. The van der Waals surface area contributed by atoms with E-state index >= 15 is 0 Å². The van der Waals surface area contributed by atoms with Crippen LogP contribution < -0.4 is 10.4 Å². The number of pyridine rings is 2. The van der Waals surface area contributed by atoms with E-state index in [1.807, 2.05) is 62.4 Å². The molecule has 162 valence electrons. The lowest BCUT2D eigenvalue weighted by atomic mass is 9.86. The fraction of sp³-hybridized carbons (Fsp3) is 0.154. The Morgan fingerprint density at radius 3 is 2.52 bits per heavy atom. The molecule has 5 aromatic rings. The van der Waals surface area contributed by atoms with Gasteiger partial charge < -0.3 is 5.21 Å². The van der Waals surface area contributed by atoms with Gasteiger partial charge >= 0.3 is 5.69 Å². The number of rotatable bonds is 3. The van der Waals surface area contributed by atoms with Gasteiger partial charge in [0.15, 0.2) is 0 Å². The summed E-state index contributed by atoms with van der Waals surface area (Å²) >= 11 is 0. The number of hydrogen-bond donors (Lipinski definition) is 0. The van der Waals surface area contributed by atoms with Gasteiger partial charge in [0.2, 0.25) is 11.7 Å². The summed E-state index contributed by atoms with van der Waals surface area (Å²) in [7, 11) is 1.66. The molecule has 0 amide bonds. The minimum atomic E-state index is -0.637. The Balaban J connectivity index is 1.83. The van der Waals surface area contributed by atoms with Crippen LogP contribution in [-0.2, 0) is 12.5 Å². The second kappa shape index (κ2) is 7.31. The van der Waals surface area contributed by atoms with Gasteiger partial charge in [0.25, 0.3) is 0 Å². The predicted octanol–water partition coefficient (Wildman–Crippen LogP) is 3.98. The summed E-state index contributed by atoms with van der Waals surface area (Å²) in [6.07, 6.45) is 4.91. The van der Waals surface area contributed by atoms with Crippen LogP contribution in [0.4, 0.5) is 0 Å². The number of nitriles is 1. The molecule has 0 saturated heterocycles. The Bertz CT molecular complexity index is 1620. The van der Waals surface area contributed by atoms with Crippen molar-refractivity contribution >= 4 is 21.9 Å². The molecule has 0 radical (unpaired) electrons. The van der Waals surface area contributed by atoms with Gasteiger partial charge in [0.1, 0.15) is 5.52 Å². The van der Waals surface area contributed by atoms with Crippen LogP contribution >= 0.6 is 0 Å². The molecule has 33 heavy (non-hydrogen) atoms. The molecule has 0 saturated carbocycles. The molecule has 0 bridgehead atoms. The highest BCUT2D eigenvalue weighted by Gasteiger charge is 2.23. The molecule has 7 heteroatoms. The van der Waals surface area contributed by atoms with Crippen LogP contribution in [-0.4, -0.2) is 14.1 Å². The van der Waals surface area contributed by atoms with Gasteiger partial charge in [-0.25, -0.2) is 4.79 Å². The van der Waals surface area contributed by atoms with Crippen LogP contribution in [0.1, 0.15) is 19.4 Å². The Kier molecular flexibility index (Phi) is 4.53. The molecule has 2 aromatic carbocycles. The Labute approximate surface area is 190 Å². The van der Waals surface area contributed by atoms with E-state index in [1.54, 1.807) is 30.1 Å². The maximum absolute atomic E-state index is 13.3. The molecule has 3 aromatic heterocycles. The van der Waals surface area contributed by atoms with Crippen LogP contribution in [0.5, 0.6) is 0 Å². The number of aromatic nitrogens is 4. The molecular formula is C26H21N5O2. The summed E-state index contributed by atoms with van der Waals surface area (Å²) in [6, 6.07) is 19.1. The number of fused-ring (bicyclic) bond motifs is 3. The van der Waals surface area contributed by atoms with Crippen LogP contribution in [0.2, 0.25) is 0 Å². The second-order valence-corrected chi connectivity index (χ2v) is 8.62. The summed E-state index contributed by atoms with van der Waals surface area (Å²) < 4.78 is 3.90. The highest BCUT2D eigenvalue weighted by atomic mass is 16.5. The first-order valence-electron chi connectivity index (χ1n) is 10.5. The minimum absolute atomic E-state index is 0.253. The van der Waals surface area contributed by atoms with E-state index in [1.165, 1.54) is 10.8 Å². The molecule has 3 heterocycles. The Hall–Kier alpha value is -4.44. The quantitative estimate of drug-likeness (QED) is 0.317. The van der Waals surface area contributed by atoms with E-state index in [0.717, 1.165) is 21.4 Å². The minimum Gasteiger partial charge on any atom is -0.618 e. The lowest BCUT2D eigenvalue weighted by Crippen LogP contribution is -2.26. The number of nitrogens with zero attached hydrogens (tertiary/aromatic N) is 5. The van der Waals surface area contributed by atoms with Gasteiger partial charge in [-0.2, -0.15) is 9.99 Å². The van der Waals surface area contributed by atoms with Crippen molar-refractivity contribution in [2.24, 2.45) is 7.05 Å². The maximum atomic E-state index is 13.3. The van der Waals surface area contributed by atoms with Crippen molar-refractivity contribution in [2.45, 2.75) is 19.3 Å². The van der Waals surface area contributed by atoms with Gasteiger partial charge in [-0.05, 0) is 55.3 Å². The standard InChI is InChI=1S/C26H21N5O2/c1-26(2,16-27)19-7-9-20(10-8-19)31-24-21-13-17(18-5-4-12-28-14-18)6-11-22(21)30(33)15-23(24)29(3)25(31)32/h4-15H,1-3H3. The number of hydrogen-bond acceptors (Lipinski definition) is 4. The van der Waals surface area contributed by atoms with Gasteiger partial charge in [0, 0.05) is 31.1 Å². The number of imidazole rings is 1. The molecule has 0 atom stereocenters. The third-order valence-corrected chi connectivity index (χ3v) is 6.16. The fourth-order valence-corrected chi connectivity index (χ4v) is 4.17. The molecule has 0 aliphatic rings. The average Bonchev–Trinajstić information content (AvgIpc) is 3.09. The molecule has 0 fully saturated rings. The molecule has 0 aliphatic heterocycles. The van der Waals surface area contributed by atoms with E-state index in [4.69, 9.17) is 0 Å². The number of benzene rings is 2. The topological polar surface area (TPSA) is 90.5 Å². The highest BCUT2D eigenvalue weighted by Crippen LogP contribution is 2.30. The first-order valence-corrected chi connectivity index (χ1v) is 10.5. The maximum Gasteiger partial charge on any atom is 0.333 e. The van der Waals surface area contributed by atoms with Crippen molar-refractivity contribution in [1.82, 2.24) is 14.1 Å². The van der Waals surface area contributed by atoms with Crippen LogP contribution in [0.15, 0.2) is 78.0 Å². The summed E-state index contributed by atoms with van der Waals surface area (Å²) in [5.74, 6) is 0. The van der Waals surface area contributed by atoms with E-state index < -0.39 is 5.41 Å². The normalized spacial score (nSPS) is 11.7. The average molecular weight is 435 g/mol. The first kappa shape index (κ1) is 20.5. The Morgan fingerprint density at radius 2 is 1.85 bits per heavy atom. The lowest BCUT2D eigenvalue weighted by molar-refractivity contribution is -0.575. The predicted molar refractivity (Wildman–Crippen MR) is 127 cm³/mol. The second-order valence-electron chi connectivity index (χ2n) is 8.62. The smallest absolute Gasteiger partial charge is 0.333 e. The van der Waals surface area contributed by atoms with Crippen molar-refractivity contribution in [1.29, 1.82) is 5.26 Å². The van der Waals surface area contributed by atoms with Gasteiger partial charge in [-0.15, -0.1) is 0 Å². The van der Waals surface area contributed by atoms with Gasteiger partial charge in [-0.3, -0.25) is 14.1 Å². The fourth-order valence-electron chi connectivity index (χ4n) is 4.17. The molecule has 5 rings (SSSR count). The van der Waals surface area contributed by atoms with Crippen molar-refractivity contribution in [3.05, 3.63) is 94.4 Å². The molecule has 0 aliphatic carbocycles. The van der Waals surface area contributed by atoms with Gasteiger partial charge in [0.05, 0.1) is 28.1 Å².